The predicted octanol–water partition coefficient (Wildman–Crippen LogP) is 3.68. The third-order valence-corrected chi connectivity index (χ3v) is 5.85. The molecular weight excluding hydrogens is 420 g/mol. The molecule has 6 nitrogen and oxygen atoms in total. The lowest BCUT2D eigenvalue weighted by Gasteiger charge is -2.27. The van der Waals surface area contributed by atoms with Crippen molar-refractivity contribution in [2.75, 3.05) is 6.54 Å². The van der Waals surface area contributed by atoms with Gasteiger partial charge in [-0.05, 0) is 42.9 Å². The Hall–Kier alpha value is -4.02. The van der Waals surface area contributed by atoms with Gasteiger partial charge in [-0.2, -0.15) is 5.26 Å². The van der Waals surface area contributed by atoms with Crippen molar-refractivity contribution in [2.24, 2.45) is 0 Å². The molecule has 1 fully saturated rings. The van der Waals surface area contributed by atoms with Gasteiger partial charge >= 0.3 is 0 Å². The van der Waals surface area contributed by atoms with Crippen molar-refractivity contribution < 1.29 is 9.59 Å². The monoisotopic (exact) mass is 440 g/mol. The van der Waals surface area contributed by atoms with Gasteiger partial charge in [0.05, 0.1) is 11.6 Å². The standard InChI is InChI=1S/C25H20N4O2S/c1-3-12-28-24(31)21(23(30)27-25(28)32)13-20-16(2)29(22-11-7-6-10-19(20)22)15-18-9-5-4-8-17(18)14-26/h3-11,13H,1,12,15H2,2H3,(H,27,30,32). The van der Waals surface area contributed by atoms with Gasteiger partial charge in [-0.15, -0.1) is 6.58 Å². The Morgan fingerprint density at radius 3 is 2.62 bits per heavy atom. The van der Waals surface area contributed by atoms with Crippen LogP contribution in [0.5, 0.6) is 0 Å². The molecule has 3 aromatic rings. The maximum atomic E-state index is 13.0. The Kier molecular flexibility index (Phi) is 5.71. The molecule has 158 valence electrons. The molecule has 2 amide bonds. The zero-order chi connectivity index (χ0) is 22.8. The summed E-state index contributed by atoms with van der Waals surface area (Å²) in [6.45, 7) is 6.30. The first-order valence-electron chi connectivity index (χ1n) is 10.0. The van der Waals surface area contributed by atoms with Crippen LogP contribution in [0.4, 0.5) is 0 Å². The van der Waals surface area contributed by atoms with E-state index in [1.807, 2.05) is 49.4 Å². The van der Waals surface area contributed by atoms with Crippen molar-refractivity contribution in [3.05, 3.63) is 89.1 Å². The van der Waals surface area contributed by atoms with E-state index in [4.69, 9.17) is 12.2 Å². The van der Waals surface area contributed by atoms with Gasteiger partial charge in [-0.1, -0.05) is 42.5 Å². The molecule has 4 rings (SSSR count). The molecule has 2 aromatic carbocycles. The van der Waals surface area contributed by atoms with Crippen LogP contribution in [-0.2, 0) is 16.1 Å². The van der Waals surface area contributed by atoms with Crippen LogP contribution in [0.3, 0.4) is 0 Å². The second kappa shape index (κ2) is 8.61. The smallest absolute Gasteiger partial charge is 0.265 e. The lowest BCUT2D eigenvalue weighted by Crippen LogP contribution is -2.53. The highest BCUT2D eigenvalue weighted by Gasteiger charge is 2.33. The molecule has 0 aliphatic carbocycles. The second-order valence-corrected chi connectivity index (χ2v) is 7.78. The Bertz CT molecular complexity index is 1360. The molecule has 1 aliphatic heterocycles. The quantitative estimate of drug-likeness (QED) is 0.284. The van der Waals surface area contributed by atoms with Gasteiger partial charge in [0.15, 0.2) is 5.11 Å². The summed E-state index contributed by atoms with van der Waals surface area (Å²) in [5, 5.41) is 13.0. The molecule has 32 heavy (non-hydrogen) atoms. The number of aromatic nitrogens is 1. The highest BCUT2D eigenvalue weighted by Crippen LogP contribution is 2.30. The summed E-state index contributed by atoms with van der Waals surface area (Å²) in [6, 6.07) is 17.5. The molecular formula is C25H20N4O2S. The topological polar surface area (TPSA) is 78.1 Å². The average Bonchev–Trinajstić information content (AvgIpc) is 3.05. The summed E-state index contributed by atoms with van der Waals surface area (Å²) in [5.41, 5.74) is 4.14. The van der Waals surface area contributed by atoms with E-state index in [-0.39, 0.29) is 17.2 Å². The first-order chi connectivity index (χ1) is 15.5. The number of amides is 2. The maximum Gasteiger partial charge on any atom is 0.265 e. The normalized spacial score (nSPS) is 15.2. The van der Waals surface area contributed by atoms with Gasteiger partial charge in [0, 0.05) is 35.2 Å². The summed E-state index contributed by atoms with van der Waals surface area (Å²) in [7, 11) is 0. The van der Waals surface area contributed by atoms with Crippen LogP contribution < -0.4 is 5.32 Å². The zero-order valence-electron chi connectivity index (χ0n) is 17.5. The molecule has 0 spiro atoms. The van der Waals surface area contributed by atoms with E-state index < -0.39 is 11.8 Å². The van der Waals surface area contributed by atoms with Crippen molar-refractivity contribution in [1.29, 1.82) is 5.26 Å². The third-order valence-electron chi connectivity index (χ3n) is 5.53. The Morgan fingerprint density at radius 1 is 1.16 bits per heavy atom. The Labute approximate surface area is 191 Å². The number of hydrogen-bond donors (Lipinski definition) is 1. The fourth-order valence-corrected chi connectivity index (χ4v) is 4.16. The lowest BCUT2D eigenvalue weighted by atomic mass is 10.0. The molecule has 2 heterocycles. The van der Waals surface area contributed by atoms with Crippen LogP contribution in [-0.4, -0.2) is 32.9 Å². The molecule has 0 radical (unpaired) electrons. The number of carbonyl (C=O) groups is 2. The number of thiocarbonyl (C=S) groups is 1. The van der Waals surface area contributed by atoms with Crippen LogP contribution in [0.25, 0.3) is 17.0 Å². The predicted molar refractivity (Wildman–Crippen MR) is 128 cm³/mol. The average molecular weight is 441 g/mol. The van der Waals surface area contributed by atoms with E-state index in [1.165, 1.54) is 4.90 Å². The van der Waals surface area contributed by atoms with Gasteiger partial charge in [-0.25, -0.2) is 0 Å². The fraction of sp³-hybridized carbons (Fsp3) is 0.120. The van der Waals surface area contributed by atoms with Crippen LogP contribution in [0, 0.1) is 18.3 Å². The molecule has 1 saturated heterocycles. The maximum absolute atomic E-state index is 13.0. The molecule has 0 atom stereocenters. The molecule has 1 aliphatic rings. The number of fused-ring (bicyclic) bond motifs is 1. The summed E-state index contributed by atoms with van der Waals surface area (Å²) < 4.78 is 2.09. The molecule has 7 heteroatoms. The number of benzene rings is 2. The summed E-state index contributed by atoms with van der Waals surface area (Å²) in [6.07, 6.45) is 3.18. The van der Waals surface area contributed by atoms with E-state index in [0.717, 1.165) is 27.7 Å². The van der Waals surface area contributed by atoms with Crippen molar-refractivity contribution in [2.45, 2.75) is 13.5 Å². The largest absolute Gasteiger partial charge is 0.340 e. The van der Waals surface area contributed by atoms with Crippen molar-refractivity contribution in [1.82, 2.24) is 14.8 Å². The zero-order valence-corrected chi connectivity index (χ0v) is 18.3. The first-order valence-corrected chi connectivity index (χ1v) is 10.4. The second-order valence-electron chi connectivity index (χ2n) is 7.39. The van der Waals surface area contributed by atoms with E-state index >= 15 is 0 Å². The molecule has 0 unspecified atom stereocenters. The minimum Gasteiger partial charge on any atom is -0.340 e. The highest BCUT2D eigenvalue weighted by atomic mass is 32.1. The number of carbonyl (C=O) groups excluding carboxylic acids is 2. The van der Waals surface area contributed by atoms with Crippen LogP contribution in [0.2, 0.25) is 0 Å². The number of nitriles is 1. The SMILES string of the molecule is C=CCN1C(=O)C(=Cc2c(C)n(Cc3ccccc3C#N)c3ccccc23)C(=O)NC1=S. The summed E-state index contributed by atoms with van der Waals surface area (Å²) in [5.74, 6) is -0.976. The van der Waals surface area contributed by atoms with E-state index in [2.05, 4.69) is 22.5 Å². The van der Waals surface area contributed by atoms with Crippen molar-refractivity contribution in [3.8, 4) is 6.07 Å². The third kappa shape index (κ3) is 3.61. The van der Waals surface area contributed by atoms with Gasteiger partial charge in [0.25, 0.3) is 11.8 Å². The number of rotatable bonds is 5. The minimum absolute atomic E-state index is 0.0175. The van der Waals surface area contributed by atoms with Gasteiger partial charge in [-0.3, -0.25) is 19.8 Å². The summed E-state index contributed by atoms with van der Waals surface area (Å²) in [4.78, 5) is 26.9. The first kappa shape index (κ1) is 21.2. The summed E-state index contributed by atoms with van der Waals surface area (Å²) >= 11 is 5.14. The van der Waals surface area contributed by atoms with Crippen LogP contribution in [0.15, 0.2) is 66.8 Å². The molecule has 1 aromatic heterocycles. The van der Waals surface area contributed by atoms with Gasteiger partial charge < -0.3 is 4.57 Å². The molecule has 0 saturated carbocycles. The Balaban J connectivity index is 1.86. The minimum atomic E-state index is -0.522. The number of para-hydroxylation sites is 1. The number of hydrogen-bond acceptors (Lipinski definition) is 4. The van der Waals surface area contributed by atoms with E-state index in [9.17, 15) is 14.9 Å². The number of nitrogens with zero attached hydrogens (tertiary/aromatic N) is 3. The Morgan fingerprint density at radius 2 is 1.88 bits per heavy atom. The van der Waals surface area contributed by atoms with Crippen LogP contribution >= 0.6 is 12.2 Å². The van der Waals surface area contributed by atoms with Crippen LogP contribution in [0.1, 0.15) is 22.4 Å². The lowest BCUT2D eigenvalue weighted by molar-refractivity contribution is -0.128. The number of nitrogens with one attached hydrogen (secondary N) is 1. The van der Waals surface area contributed by atoms with E-state index in [0.29, 0.717) is 12.1 Å². The van der Waals surface area contributed by atoms with E-state index in [1.54, 1.807) is 18.2 Å². The molecule has 1 N–H and O–H groups in total. The van der Waals surface area contributed by atoms with Gasteiger partial charge in [0.2, 0.25) is 0 Å². The highest BCUT2D eigenvalue weighted by molar-refractivity contribution is 7.80. The molecule has 0 bridgehead atoms. The van der Waals surface area contributed by atoms with Gasteiger partial charge in [0.1, 0.15) is 5.57 Å². The van der Waals surface area contributed by atoms with Crippen molar-refractivity contribution >= 4 is 46.1 Å². The van der Waals surface area contributed by atoms with Crippen molar-refractivity contribution in [3.63, 3.8) is 0 Å². The fourth-order valence-electron chi connectivity index (χ4n) is 3.91.